The van der Waals surface area contributed by atoms with Crippen LogP contribution in [0.2, 0.25) is 0 Å². The lowest BCUT2D eigenvalue weighted by Crippen LogP contribution is -2.02. The third-order valence-corrected chi connectivity index (χ3v) is 31.0. The van der Waals surface area contributed by atoms with Gasteiger partial charge in [0.25, 0.3) is 0 Å². The van der Waals surface area contributed by atoms with E-state index < -0.39 is 6.04 Å². The summed E-state index contributed by atoms with van der Waals surface area (Å²) in [5.74, 6) is 5.68. The van der Waals surface area contributed by atoms with Crippen molar-refractivity contribution in [2.45, 2.75) is 0 Å². The topological polar surface area (TPSA) is 116 Å². The van der Waals surface area contributed by atoms with E-state index in [1.807, 2.05) is 168 Å². The summed E-state index contributed by atoms with van der Waals surface area (Å²) in [6.45, 7) is 0. The molecule has 0 saturated carbocycles. The van der Waals surface area contributed by atoms with Crippen molar-refractivity contribution in [2.75, 3.05) is 0 Å². The number of hydrogen-bond acceptors (Lipinski definition) is 12. The summed E-state index contributed by atoms with van der Waals surface area (Å²) in [5.41, 5.74) is 16.2. The maximum Gasteiger partial charge on any atom is 0.165 e. The Morgan fingerprint density at radius 3 is 0.945 bits per heavy atom. The molecule has 12 heteroatoms. The van der Waals surface area contributed by atoms with Crippen LogP contribution >= 0.6 is 34.0 Å². The quantitative estimate of drug-likeness (QED) is 0.104. The predicted octanol–water partition coefficient (Wildman–Crippen LogP) is 36.5. The zero-order valence-corrected chi connectivity index (χ0v) is 80.1. The van der Waals surface area contributed by atoms with Gasteiger partial charge in [0.1, 0.15) is 0 Å². The molecule has 0 radical (unpaired) electrons. The molecule has 0 atom stereocenters. The smallest absolute Gasteiger partial charge is 0.165 e. The molecule has 9 nitrogen and oxygen atoms in total. The molecule has 0 amide bonds. The molecule has 0 N–H and O–H groups in total. The highest BCUT2D eigenvalue weighted by Crippen LogP contribution is 2.55. The second-order valence-electron chi connectivity index (χ2n) is 35.9. The molecular weight excluding hydrogens is 1820 g/mol. The predicted molar refractivity (Wildman–Crippen MR) is 611 cm³/mol. The van der Waals surface area contributed by atoms with E-state index in [1.54, 1.807) is 11.3 Å². The van der Waals surface area contributed by atoms with Crippen molar-refractivity contribution in [2.24, 2.45) is 0 Å². The summed E-state index contributed by atoms with van der Waals surface area (Å²) >= 11 is 5.26. The van der Waals surface area contributed by atoms with Crippen molar-refractivity contribution in [3.63, 3.8) is 0 Å². The van der Waals surface area contributed by atoms with E-state index in [9.17, 15) is 0 Å². The maximum atomic E-state index is 8.97. The molecule has 29 rings (SSSR count). The first-order chi connectivity index (χ1) is 74.0. The van der Waals surface area contributed by atoms with Gasteiger partial charge in [0, 0.05) is 127 Å². The van der Waals surface area contributed by atoms with Gasteiger partial charge in [-0.3, -0.25) is 0 Å². The molecule has 23 aromatic carbocycles. The molecule has 0 saturated heterocycles. The van der Waals surface area contributed by atoms with Crippen molar-refractivity contribution in [1.82, 2.24) is 44.9 Å². The van der Waals surface area contributed by atoms with E-state index in [1.165, 1.54) is 94.9 Å². The van der Waals surface area contributed by atoms with Crippen molar-refractivity contribution in [1.29, 1.82) is 0 Å². The number of rotatable bonds is 13. The summed E-state index contributed by atoms with van der Waals surface area (Å²) in [6, 6.07) is 158. The lowest BCUT2D eigenvalue weighted by atomic mass is 9.88. The van der Waals surface area contributed by atoms with E-state index in [2.05, 4.69) is 315 Å². The fraction of sp³-hybridized carbons (Fsp3) is 0. The molecule has 29 aromatic rings. The van der Waals surface area contributed by atoms with Crippen LogP contribution in [0, 0.1) is 0 Å². The molecule has 0 bridgehead atoms. The van der Waals surface area contributed by atoms with Gasteiger partial charge in [-0.1, -0.05) is 455 Å². The Balaban J connectivity index is 0.000000111. The summed E-state index contributed by atoms with van der Waals surface area (Å²) in [5, 5.41) is 22.5. The zero-order valence-electron chi connectivity index (χ0n) is 82.6. The number of benzene rings is 23. The minimum absolute atomic E-state index is 0.200. The monoisotopic (exact) mass is 1900 g/mol. The van der Waals surface area contributed by atoms with E-state index >= 15 is 0 Å². The van der Waals surface area contributed by atoms with Gasteiger partial charge in [-0.15, -0.1) is 34.0 Å². The van der Waals surface area contributed by atoms with Crippen LogP contribution in [0.25, 0.3) is 283 Å². The Bertz CT molecular complexity index is 10400. The van der Waals surface area contributed by atoms with Crippen LogP contribution in [0.15, 0.2) is 491 Å². The third kappa shape index (κ3) is 15.4. The van der Waals surface area contributed by atoms with Crippen LogP contribution in [-0.4, -0.2) is 44.9 Å². The third-order valence-electron chi connectivity index (χ3n) is 27.4. The van der Waals surface area contributed by atoms with E-state index in [0.29, 0.717) is 58.0 Å². The van der Waals surface area contributed by atoms with Crippen molar-refractivity contribution >= 4 is 170 Å². The zero-order chi connectivity index (χ0) is 100. The second kappa shape index (κ2) is 36.7. The van der Waals surface area contributed by atoms with Gasteiger partial charge in [0.05, 0.1) is 6.85 Å². The molecule has 676 valence electrons. The van der Waals surface area contributed by atoms with Crippen LogP contribution in [0.5, 0.6) is 0 Å². The van der Waals surface area contributed by atoms with E-state index in [-0.39, 0.29) is 29.7 Å². The molecule has 0 aliphatic heterocycles. The molecular formula is C133H81N9S3. The van der Waals surface area contributed by atoms with E-state index in [4.69, 9.17) is 51.7 Å². The largest absolute Gasteiger partial charge is 0.208 e. The van der Waals surface area contributed by atoms with Gasteiger partial charge in [0.15, 0.2) is 52.4 Å². The number of nitrogens with zero attached hydrogens (tertiary/aromatic N) is 9. The average Bonchev–Trinajstić information content (AvgIpc) is 1.51. The second-order valence-corrected chi connectivity index (χ2v) is 39.1. The molecule has 145 heavy (non-hydrogen) atoms. The van der Waals surface area contributed by atoms with Gasteiger partial charge >= 0.3 is 0 Å². The summed E-state index contributed by atoms with van der Waals surface area (Å²) < 4.78 is 50.1. The van der Waals surface area contributed by atoms with Crippen LogP contribution < -0.4 is 0 Å². The van der Waals surface area contributed by atoms with Gasteiger partial charge in [-0.05, 0) is 140 Å². The van der Waals surface area contributed by atoms with E-state index in [0.717, 1.165) is 124 Å². The molecule has 0 fully saturated rings. The van der Waals surface area contributed by atoms with Crippen LogP contribution in [-0.2, 0) is 0 Å². The normalized spacial score (nSPS) is 12.1. The van der Waals surface area contributed by atoms with Crippen molar-refractivity contribution in [3.8, 4) is 147 Å². The molecule has 0 aliphatic carbocycles. The van der Waals surface area contributed by atoms with Crippen LogP contribution in [0.3, 0.4) is 0 Å². The first kappa shape index (κ1) is 80.4. The first-order valence-electron chi connectivity index (χ1n) is 50.7. The Hall–Kier alpha value is -18.4. The summed E-state index contributed by atoms with van der Waals surface area (Å²) in [7, 11) is 0. The molecule has 6 aromatic heterocycles. The lowest BCUT2D eigenvalue weighted by Gasteiger charge is -2.16. The molecule has 0 aliphatic rings. The molecule has 0 unspecified atom stereocenters. The van der Waals surface area contributed by atoms with Crippen molar-refractivity contribution in [3.05, 3.63) is 491 Å². The lowest BCUT2D eigenvalue weighted by molar-refractivity contribution is 1.07. The first-order valence-corrected chi connectivity index (χ1v) is 50.7. The van der Waals surface area contributed by atoms with Gasteiger partial charge in [0.2, 0.25) is 0 Å². The standard InChI is InChI=1S/2C45H27N3S.C43H27N3S/c1-3-15-28(16-4-1)39-34-23-11-12-24-35(34)41(40-36-25-13-14-26-38(36)49-42(39)40)45-47-43(29-17-5-2-6-18-29)46-44(48-45)37-27-30-19-7-8-20-31(30)32-21-9-10-22-33(32)37;1-2-15-30(16-3-1)43-46-44(36-23-12-18-29-14-6-7-19-33(29)36)48-45(47-43)41-35-21-9-8-20-34(35)39(32-26-25-28-13-4-5-17-31(28)27-32)42-40(41)37-22-10-11-24-38(37)49-42;1-4-15-28(16-5-1)38-34-24-11-10-23-33(34)37(39-35-25-12-13-26-36(35)47-40(38)39)31-21-14-22-32(27-31)43-45-41(29-17-6-2-7-18-29)44-42(46-43)30-19-8-3-9-20-30/h2*1-27H;1-27H/i;;1D,4D,5D,15D,16D. The highest BCUT2D eigenvalue weighted by Gasteiger charge is 2.30. The fourth-order valence-electron chi connectivity index (χ4n) is 20.9. The average molecular weight is 1910 g/mol. The SMILES string of the molecule is [2H]c1c([2H])c([2H])c(-c2c3ccccc3c(-c3cccc(-c4nc(-c5ccccc5)nc(-c5ccccc5)n4)c3)c3c2sc2ccccc23)c([2H])c1[2H].c1ccc(-c2nc(-c3cc4ccccc4c4ccccc34)nc(-c3c4ccccc4c(-c4ccccc4)c4sc5ccccc5c34)n2)cc1.c1ccc(-c2nc(-c3cccc4ccccc34)nc(-c3c4ccccc4c(-c4ccc5ccccc5c4)c4sc5ccccc5c34)n2)cc1. The van der Waals surface area contributed by atoms with Gasteiger partial charge in [-0.25, -0.2) is 44.9 Å². The van der Waals surface area contributed by atoms with Crippen LogP contribution in [0.1, 0.15) is 6.85 Å². The minimum Gasteiger partial charge on any atom is -0.208 e. The number of thiophene rings is 3. The molecule has 6 heterocycles. The minimum atomic E-state index is -0.409. The highest BCUT2D eigenvalue weighted by atomic mass is 32.1. The van der Waals surface area contributed by atoms with Gasteiger partial charge in [-0.2, -0.15) is 0 Å². The number of fused-ring (bicyclic) bond motifs is 17. The molecule has 0 spiro atoms. The fourth-order valence-corrected chi connectivity index (χ4v) is 24.8. The summed E-state index contributed by atoms with van der Waals surface area (Å²) in [6.07, 6.45) is 0. The Labute approximate surface area is 853 Å². The Morgan fingerprint density at radius 2 is 0.455 bits per heavy atom. The number of hydrogen-bond donors (Lipinski definition) is 0. The van der Waals surface area contributed by atoms with Crippen LogP contribution in [0.4, 0.5) is 0 Å². The van der Waals surface area contributed by atoms with Crippen molar-refractivity contribution < 1.29 is 6.85 Å². The summed E-state index contributed by atoms with van der Waals surface area (Å²) in [4.78, 5) is 46.6. The number of aromatic nitrogens is 9. The Morgan fingerprint density at radius 1 is 0.152 bits per heavy atom. The van der Waals surface area contributed by atoms with Gasteiger partial charge < -0.3 is 0 Å². The Kier molecular flexibility index (Phi) is 20.3. The highest BCUT2D eigenvalue weighted by molar-refractivity contribution is 7.27. The maximum absolute atomic E-state index is 8.97.